The van der Waals surface area contributed by atoms with Crippen LogP contribution in [0.2, 0.25) is 0 Å². The second kappa shape index (κ2) is 9.60. The molecule has 1 heterocycles. The smallest absolute Gasteiger partial charge is 0.328 e. The van der Waals surface area contributed by atoms with E-state index in [4.69, 9.17) is 18.9 Å². The SMILES string of the molecule is COc1ccc(/C=C/C(=O)N[C@H](C)C(=O)OCC(=O)c2ccc3c(c2)OCO3)cc1. The van der Waals surface area contributed by atoms with Crippen molar-refractivity contribution in [3.63, 3.8) is 0 Å². The van der Waals surface area contributed by atoms with Crippen LogP contribution in [0.1, 0.15) is 22.8 Å². The Morgan fingerprint density at radius 3 is 2.57 bits per heavy atom. The van der Waals surface area contributed by atoms with E-state index in [1.807, 2.05) is 0 Å². The lowest BCUT2D eigenvalue weighted by molar-refractivity contribution is -0.145. The maximum atomic E-state index is 12.2. The van der Waals surface area contributed by atoms with Gasteiger partial charge in [0, 0.05) is 11.6 Å². The van der Waals surface area contributed by atoms with Crippen molar-refractivity contribution in [2.45, 2.75) is 13.0 Å². The molecule has 156 valence electrons. The molecule has 2 aromatic carbocycles. The molecule has 0 fully saturated rings. The molecule has 0 aliphatic carbocycles. The van der Waals surface area contributed by atoms with Crippen LogP contribution in [-0.2, 0) is 14.3 Å². The summed E-state index contributed by atoms with van der Waals surface area (Å²) >= 11 is 0. The Bertz CT molecular complexity index is 966. The molecule has 2 aromatic rings. The molecule has 0 saturated carbocycles. The average molecular weight is 411 g/mol. The van der Waals surface area contributed by atoms with E-state index in [1.54, 1.807) is 49.6 Å². The molecule has 0 aromatic heterocycles. The first-order chi connectivity index (χ1) is 14.5. The number of Topliss-reactive ketones (excluding diaryl/α,β-unsaturated/α-hetero) is 1. The van der Waals surface area contributed by atoms with Gasteiger partial charge >= 0.3 is 5.97 Å². The second-order valence-corrected chi connectivity index (χ2v) is 6.44. The van der Waals surface area contributed by atoms with Crippen molar-refractivity contribution in [2.24, 2.45) is 0 Å². The number of benzene rings is 2. The predicted octanol–water partition coefficient (Wildman–Crippen LogP) is 2.37. The van der Waals surface area contributed by atoms with Gasteiger partial charge in [-0.05, 0) is 48.9 Å². The molecule has 1 amide bonds. The lowest BCUT2D eigenvalue weighted by Gasteiger charge is -2.12. The number of ketones is 1. The molecule has 0 unspecified atom stereocenters. The standard InChI is InChI=1S/C22H21NO7/c1-14(23-21(25)10-5-15-3-7-17(27-2)8-4-15)22(26)28-12-18(24)16-6-9-19-20(11-16)30-13-29-19/h3-11,14H,12-13H2,1-2H3,(H,23,25)/b10-5+/t14-/m1/s1. The van der Waals surface area contributed by atoms with Crippen molar-refractivity contribution in [3.8, 4) is 17.2 Å². The Kier molecular flexibility index (Phi) is 6.69. The van der Waals surface area contributed by atoms with Crippen LogP contribution in [0.4, 0.5) is 0 Å². The highest BCUT2D eigenvalue weighted by Crippen LogP contribution is 2.32. The fourth-order valence-electron chi connectivity index (χ4n) is 2.62. The third-order valence-electron chi connectivity index (χ3n) is 4.30. The molecule has 8 heteroatoms. The van der Waals surface area contributed by atoms with Crippen LogP contribution in [0.15, 0.2) is 48.5 Å². The molecule has 0 spiro atoms. The summed E-state index contributed by atoms with van der Waals surface area (Å²) in [5.74, 6) is 0.175. The van der Waals surface area contributed by atoms with Crippen LogP contribution in [-0.4, -0.2) is 44.2 Å². The van der Waals surface area contributed by atoms with Gasteiger partial charge in [0.25, 0.3) is 0 Å². The second-order valence-electron chi connectivity index (χ2n) is 6.44. The molecule has 0 radical (unpaired) electrons. The molecule has 1 aliphatic heterocycles. The van der Waals surface area contributed by atoms with E-state index in [-0.39, 0.29) is 12.6 Å². The largest absolute Gasteiger partial charge is 0.497 e. The molecule has 1 aliphatic rings. The first-order valence-electron chi connectivity index (χ1n) is 9.18. The van der Waals surface area contributed by atoms with Crippen molar-refractivity contribution < 1.29 is 33.3 Å². The van der Waals surface area contributed by atoms with Gasteiger partial charge in [0.05, 0.1) is 7.11 Å². The van der Waals surface area contributed by atoms with Crippen LogP contribution in [0.3, 0.4) is 0 Å². The Hall–Kier alpha value is -3.81. The van der Waals surface area contributed by atoms with Gasteiger partial charge in [-0.3, -0.25) is 9.59 Å². The van der Waals surface area contributed by atoms with E-state index in [2.05, 4.69) is 5.32 Å². The molecule has 1 N–H and O–H groups in total. The zero-order chi connectivity index (χ0) is 21.5. The summed E-state index contributed by atoms with van der Waals surface area (Å²) in [6, 6.07) is 10.9. The number of esters is 1. The van der Waals surface area contributed by atoms with Crippen molar-refractivity contribution >= 4 is 23.7 Å². The number of hydrogen-bond donors (Lipinski definition) is 1. The summed E-state index contributed by atoms with van der Waals surface area (Å²) in [7, 11) is 1.57. The number of hydrogen-bond acceptors (Lipinski definition) is 7. The summed E-state index contributed by atoms with van der Waals surface area (Å²) in [4.78, 5) is 36.3. The van der Waals surface area contributed by atoms with Gasteiger partial charge in [-0.15, -0.1) is 0 Å². The molecular weight excluding hydrogens is 390 g/mol. The topological polar surface area (TPSA) is 100 Å². The van der Waals surface area contributed by atoms with Crippen LogP contribution < -0.4 is 19.5 Å². The fraction of sp³-hybridized carbons (Fsp3) is 0.227. The third-order valence-corrected chi connectivity index (χ3v) is 4.30. The Morgan fingerprint density at radius 2 is 1.83 bits per heavy atom. The van der Waals surface area contributed by atoms with Crippen molar-refractivity contribution in [2.75, 3.05) is 20.5 Å². The van der Waals surface area contributed by atoms with E-state index in [9.17, 15) is 14.4 Å². The van der Waals surface area contributed by atoms with Gasteiger partial charge in [-0.1, -0.05) is 12.1 Å². The maximum Gasteiger partial charge on any atom is 0.328 e. The monoisotopic (exact) mass is 411 g/mol. The van der Waals surface area contributed by atoms with Gasteiger partial charge in [0.15, 0.2) is 23.9 Å². The van der Waals surface area contributed by atoms with E-state index >= 15 is 0 Å². The lowest BCUT2D eigenvalue weighted by atomic mass is 10.1. The number of methoxy groups -OCH3 is 1. The molecule has 8 nitrogen and oxygen atoms in total. The average Bonchev–Trinajstić information content (AvgIpc) is 3.24. The van der Waals surface area contributed by atoms with Crippen molar-refractivity contribution in [1.29, 1.82) is 0 Å². The van der Waals surface area contributed by atoms with E-state index in [1.165, 1.54) is 19.1 Å². The molecule has 30 heavy (non-hydrogen) atoms. The van der Waals surface area contributed by atoms with Crippen molar-refractivity contribution in [3.05, 3.63) is 59.7 Å². The number of rotatable bonds is 8. The number of ether oxygens (including phenoxy) is 4. The van der Waals surface area contributed by atoms with Crippen LogP contribution >= 0.6 is 0 Å². The molecule has 0 saturated heterocycles. The molecule has 3 rings (SSSR count). The van der Waals surface area contributed by atoms with Gasteiger partial charge < -0.3 is 24.3 Å². The van der Waals surface area contributed by atoms with Crippen molar-refractivity contribution in [1.82, 2.24) is 5.32 Å². The van der Waals surface area contributed by atoms with Gasteiger partial charge in [-0.25, -0.2) is 4.79 Å². The highest BCUT2D eigenvalue weighted by molar-refractivity contribution is 5.99. The summed E-state index contributed by atoms with van der Waals surface area (Å²) in [5, 5.41) is 2.50. The maximum absolute atomic E-state index is 12.2. The van der Waals surface area contributed by atoms with E-state index in [0.29, 0.717) is 22.8 Å². The number of carbonyl (C=O) groups is 3. The normalized spacial score (nSPS) is 13.0. The highest BCUT2D eigenvalue weighted by atomic mass is 16.7. The van der Waals surface area contributed by atoms with Crippen LogP contribution in [0, 0.1) is 0 Å². The third kappa shape index (κ3) is 5.38. The Morgan fingerprint density at radius 1 is 1.10 bits per heavy atom. The predicted molar refractivity (Wildman–Crippen MR) is 107 cm³/mol. The molecule has 1 atom stereocenters. The van der Waals surface area contributed by atoms with Gasteiger partial charge in [-0.2, -0.15) is 0 Å². The first kappa shape index (κ1) is 20.9. The fourth-order valence-corrected chi connectivity index (χ4v) is 2.62. The summed E-state index contributed by atoms with van der Waals surface area (Å²) in [6.07, 6.45) is 2.92. The highest BCUT2D eigenvalue weighted by Gasteiger charge is 2.20. The minimum absolute atomic E-state index is 0.103. The van der Waals surface area contributed by atoms with Gasteiger partial charge in [0.1, 0.15) is 11.8 Å². The number of amides is 1. The molecule has 0 bridgehead atoms. The summed E-state index contributed by atoms with van der Waals surface area (Å²) in [6.45, 7) is 1.14. The summed E-state index contributed by atoms with van der Waals surface area (Å²) < 4.78 is 20.5. The summed E-state index contributed by atoms with van der Waals surface area (Å²) in [5.41, 5.74) is 1.14. The zero-order valence-electron chi connectivity index (χ0n) is 16.5. The van der Waals surface area contributed by atoms with Gasteiger partial charge in [0.2, 0.25) is 12.7 Å². The lowest BCUT2D eigenvalue weighted by Crippen LogP contribution is -2.39. The quantitative estimate of drug-likeness (QED) is 0.404. The minimum Gasteiger partial charge on any atom is -0.497 e. The van der Waals surface area contributed by atoms with E-state index in [0.717, 1.165) is 5.56 Å². The number of fused-ring (bicyclic) bond motifs is 1. The Balaban J connectivity index is 1.46. The van der Waals surface area contributed by atoms with Crippen LogP contribution in [0.25, 0.3) is 6.08 Å². The molecular formula is C22H21NO7. The number of nitrogens with one attached hydrogen (secondary N) is 1. The minimum atomic E-state index is -0.914. The number of carbonyl (C=O) groups excluding carboxylic acids is 3. The van der Waals surface area contributed by atoms with E-state index < -0.39 is 24.5 Å². The zero-order valence-corrected chi connectivity index (χ0v) is 16.5. The Labute approximate surface area is 173 Å². The first-order valence-corrected chi connectivity index (χ1v) is 9.18. The van der Waals surface area contributed by atoms with Crippen LogP contribution in [0.5, 0.6) is 17.2 Å².